The van der Waals surface area contributed by atoms with Crippen molar-refractivity contribution >= 4 is 0 Å². The fraction of sp³-hybridized carbons (Fsp3) is 0.750. The molecule has 4 heteroatoms. The van der Waals surface area contributed by atoms with Crippen LogP contribution in [0.4, 0.5) is 8.78 Å². The first-order valence-electron chi connectivity index (χ1n) is 7.25. The van der Waals surface area contributed by atoms with Crippen LogP contribution in [0.5, 0.6) is 0 Å². The molecule has 2 fully saturated rings. The first-order chi connectivity index (χ1) is 9.65. The number of nitrogens with zero attached hydrogens (tertiary/aromatic N) is 2. The SMILES string of the molecule is C#CCCN1CC[C@@H](F)C1.C#CCCN1CC[C@@H](F)C1. The second-order valence-electron chi connectivity index (χ2n) is 5.28. The van der Waals surface area contributed by atoms with Crippen molar-refractivity contribution in [3.63, 3.8) is 0 Å². The molecule has 2 atom stereocenters. The van der Waals surface area contributed by atoms with Gasteiger partial charge in [0.1, 0.15) is 12.3 Å². The first-order valence-corrected chi connectivity index (χ1v) is 7.25. The minimum atomic E-state index is -0.613. The van der Waals surface area contributed by atoms with Crippen LogP contribution in [-0.2, 0) is 0 Å². The van der Waals surface area contributed by atoms with Crippen molar-refractivity contribution in [2.24, 2.45) is 0 Å². The molecule has 0 radical (unpaired) electrons. The minimum Gasteiger partial charge on any atom is -0.299 e. The van der Waals surface area contributed by atoms with Crippen molar-refractivity contribution in [1.82, 2.24) is 9.80 Å². The molecule has 0 aromatic carbocycles. The van der Waals surface area contributed by atoms with Crippen LogP contribution in [0.15, 0.2) is 0 Å². The molecule has 2 aliphatic rings. The molecule has 2 heterocycles. The van der Waals surface area contributed by atoms with Gasteiger partial charge in [0.25, 0.3) is 0 Å². The van der Waals surface area contributed by atoms with E-state index in [4.69, 9.17) is 12.8 Å². The number of hydrogen-bond donors (Lipinski definition) is 0. The van der Waals surface area contributed by atoms with Gasteiger partial charge in [0, 0.05) is 52.1 Å². The minimum absolute atomic E-state index is 0.585. The Labute approximate surface area is 121 Å². The Morgan fingerprint density at radius 1 is 0.850 bits per heavy atom. The molecular formula is C16H24F2N2. The normalized spacial score (nSPS) is 26.6. The Balaban J connectivity index is 0.000000200. The lowest BCUT2D eigenvalue weighted by atomic mass is 10.3. The van der Waals surface area contributed by atoms with Gasteiger partial charge in [-0.2, -0.15) is 0 Å². The van der Waals surface area contributed by atoms with Crippen LogP contribution in [0.2, 0.25) is 0 Å². The summed E-state index contributed by atoms with van der Waals surface area (Å²) < 4.78 is 25.0. The van der Waals surface area contributed by atoms with Gasteiger partial charge in [-0.25, -0.2) is 8.78 Å². The van der Waals surface area contributed by atoms with Crippen molar-refractivity contribution < 1.29 is 8.78 Å². The van der Waals surface area contributed by atoms with Gasteiger partial charge in [-0.15, -0.1) is 24.7 Å². The lowest BCUT2D eigenvalue weighted by molar-refractivity contribution is 0.292. The molecule has 0 amide bonds. The molecule has 112 valence electrons. The van der Waals surface area contributed by atoms with Crippen LogP contribution in [0.25, 0.3) is 0 Å². The molecule has 0 saturated carbocycles. The van der Waals surface area contributed by atoms with E-state index in [1.165, 1.54) is 0 Å². The predicted octanol–water partition coefficient (Wildman–Crippen LogP) is 2.11. The lowest BCUT2D eigenvalue weighted by Gasteiger charge is -2.11. The Morgan fingerprint density at radius 3 is 1.50 bits per heavy atom. The van der Waals surface area contributed by atoms with E-state index in [0.29, 0.717) is 25.9 Å². The molecule has 0 N–H and O–H groups in total. The van der Waals surface area contributed by atoms with Gasteiger partial charge in [0.05, 0.1) is 0 Å². The van der Waals surface area contributed by atoms with Crippen LogP contribution >= 0.6 is 0 Å². The first kappa shape index (κ1) is 17.0. The zero-order valence-electron chi connectivity index (χ0n) is 12.0. The average molecular weight is 282 g/mol. The van der Waals surface area contributed by atoms with E-state index in [2.05, 4.69) is 21.6 Å². The summed E-state index contributed by atoms with van der Waals surface area (Å²) in [5.74, 6) is 5.09. The Bertz CT molecular complexity index is 311. The summed E-state index contributed by atoms with van der Waals surface area (Å²) in [6.07, 6.45) is 11.8. The highest BCUT2D eigenvalue weighted by Crippen LogP contribution is 2.12. The lowest BCUT2D eigenvalue weighted by Crippen LogP contribution is -2.21. The number of rotatable bonds is 4. The summed E-state index contributed by atoms with van der Waals surface area (Å²) >= 11 is 0. The van der Waals surface area contributed by atoms with Crippen molar-refractivity contribution in [2.75, 3.05) is 39.3 Å². The summed E-state index contributed by atoms with van der Waals surface area (Å²) in [6.45, 7) is 4.64. The van der Waals surface area contributed by atoms with Gasteiger partial charge in [0.2, 0.25) is 0 Å². The molecule has 0 unspecified atom stereocenters. The monoisotopic (exact) mass is 282 g/mol. The zero-order valence-corrected chi connectivity index (χ0v) is 12.0. The van der Waals surface area contributed by atoms with Crippen molar-refractivity contribution in [3.05, 3.63) is 0 Å². The molecule has 0 spiro atoms. The fourth-order valence-electron chi connectivity index (χ4n) is 2.42. The molecule has 2 aliphatic heterocycles. The summed E-state index contributed by atoms with van der Waals surface area (Å²) in [6, 6.07) is 0. The molecule has 20 heavy (non-hydrogen) atoms. The Kier molecular flexibility index (Phi) is 8.26. The van der Waals surface area contributed by atoms with Crippen LogP contribution < -0.4 is 0 Å². The molecule has 0 aromatic rings. The third kappa shape index (κ3) is 6.89. The molecule has 2 saturated heterocycles. The molecule has 0 aromatic heterocycles. The number of alkyl halides is 2. The highest BCUT2D eigenvalue weighted by atomic mass is 19.1. The van der Waals surface area contributed by atoms with E-state index in [-0.39, 0.29) is 0 Å². The summed E-state index contributed by atoms with van der Waals surface area (Å²) in [4.78, 5) is 4.15. The van der Waals surface area contributed by atoms with E-state index in [1.807, 2.05) is 0 Å². The summed E-state index contributed by atoms with van der Waals surface area (Å²) in [5.41, 5.74) is 0. The molecule has 0 bridgehead atoms. The predicted molar refractivity (Wildman–Crippen MR) is 78.8 cm³/mol. The van der Waals surface area contributed by atoms with Gasteiger partial charge >= 0.3 is 0 Å². The smallest absolute Gasteiger partial charge is 0.114 e. The van der Waals surface area contributed by atoms with Gasteiger partial charge in [0.15, 0.2) is 0 Å². The Hall–Kier alpha value is -1.10. The standard InChI is InChI=1S/2C8H12FN/c2*1-2-3-5-10-6-4-8(9)7-10/h2*1,8H,3-7H2/t2*8-/m11/s1. The second-order valence-corrected chi connectivity index (χ2v) is 5.28. The van der Waals surface area contributed by atoms with Crippen molar-refractivity contribution in [3.8, 4) is 24.7 Å². The largest absolute Gasteiger partial charge is 0.299 e. The van der Waals surface area contributed by atoms with Crippen LogP contribution in [0.1, 0.15) is 25.7 Å². The quantitative estimate of drug-likeness (QED) is 0.729. The van der Waals surface area contributed by atoms with Crippen molar-refractivity contribution in [1.29, 1.82) is 0 Å². The second kappa shape index (κ2) is 9.75. The average Bonchev–Trinajstić information content (AvgIpc) is 3.03. The number of hydrogen-bond acceptors (Lipinski definition) is 2. The Morgan fingerprint density at radius 2 is 1.25 bits per heavy atom. The number of terminal acetylenes is 2. The van der Waals surface area contributed by atoms with Crippen LogP contribution in [0, 0.1) is 24.7 Å². The maximum absolute atomic E-state index is 12.5. The molecule has 2 rings (SSSR count). The van der Waals surface area contributed by atoms with Crippen LogP contribution in [0.3, 0.4) is 0 Å². The van der Waals surface area contributed by atoms with E-state index in [1.54, 1.807) is 0 Å². The van der Waals surface area contributed by atoms with E-state index in [0.717, 1.165) is 39.0 Å². The number of likely N-dealkylation sites (tertiary alicyclic amines) is 2. The third-order valence-electron chi connectivity index (χ3n) is 3.57. The zero-order chi connectivity index (χ0) is 14.8. The van der Waals surface area contributed by atoms with Crippen LogP contribution in [-0.4, -0.2) is 61.4 Å². The maximum Gasteiger partial charge on any atom is 0.114 e. The topological polar surface area (TPSA) is 6.48 Å². The van der Waals surface area contributed by atoms with Gasteiger partial charge in [-0.3, -0.25) is 9.80 Å². The van der Waals surface area contributed by atoms with E-state index >= 15 is 0 Å². The molecular weight excluding hydrogens is 258 g/mol. The molecule has 0 aliphatic carbocycles. The van der Waals surface area contributed by atoms with Gasteiger partial charge in [-0.05, 0) is 12.8 Å². The summed E-state index contributed by atoms with van der Waals surface area (Å²) in [5, 5.41) is 0. The fourth-order valence-corrected chi connectivity index (χ4v) is 2.42. The molecule has 2 nitrogen and oxygen atoms in total. The highest BCUT2D eigenvalue weighted by Gasteiger charge is 2.20. The third-order valence-corrected chi connectivity index (χ3v) is 3.57. The highest BCUT2D eigenvalue weighted by molar-refractivity contribution is 4.87. The van der Waals surface area contributed by atoms with E-state index in [9.17, 15) is 8.78 Å². The maximum atomic E-state index is 12.5. The van der Waals surface area contributed by atoms with Gasteiger partial charge < -0.3 is 0 Å². The number of halogens is 2. The van der Waals surface area contributed by atoms with Gasteiger partial charge in [-0.1, -0.05) is 0 Å². The van der Waals surface area contributed by atoms with E-state index < -0.39 is 12.3 Å². The summed E-state index contributed by atoms with van der Waals surface area (Å²) in [7, 11) is 0. The van der Waals surface area contributed by atoms with Crippen molar-refractivity contribution in [2.45, 2.75) is 38.0 Å².